The summed E-state index contributed by atoms with van der Waals surface area (Å²) in [7, 11) is 0. The predicted octanol–water partition coefficient (Wildman–Crippen LogP) is 1.45. The SMILES string of the molecule is C=CCCOCCn1cnc2scnc2c1=O. The fraction of sp³-hybridized carbons (Fsp3) is 0.364. The number of aromatic nitrogens is 3. The van der Waals surface area contributed by atoms with Gasteiger partial charge in [0.05, 0.1) is 31.6 Å². The lowest BCUT2D eigenvalue weighted by atomic mass is 10.4. The predicted molar refractivity (Wildman–Crippen MR) is 67.3 cm³/mol. The molecule has 2 aromatic heterocycles. The molecule has 0 saturated carbocycles. The molecule has 2 rings (SSSR count). The molecule has 5 nitrogen and oxygen atoms in total. The van der Waals surface area contributed by atoms with Gasteiger partial charge < -0.3 is 4.74 Å². The molecule has 0 radical (unpaired) electrons. The fourth-order valence-electron chi connectivity index (χ4n) is 1.38. The topological polar surface area (TPSA) is 57.0 Å². The Labute approximate surface area is 102 Å². The van der Waals surface area contributed by atoms with Crippen LogP contribution in [0, 0.1) is 0 Å². The minimum absolute atomic E-state index is 0.108. The van der Waals surface area contributed by atoms with Crippen molar-refractivity contribution < 1.29 is 4.74 Å². The Kier molecular flexibility index (Phi) is 4.00. The third-order valence-electron chi connectivity index (χ3n) is 2.27. The molecule has 90 valence electrons. The summed E-state index contributed by atoms with van der Waals surface area (Å²) in [5.74, 6) is 0. The van der Waals surface area contributed by atoms with Crippen LogP contribution in [0.2, 0.25) is 0 Å². The van der Waals surface area contributed by atoms with Crippen molar-refractivity contribution in [3.05, 3.63) is 34.8 Å². The number of rotatable bonds is 6. The largest absolute Gasteiger partial charge is 0.379 e. The van der Waals surface area contributed by atoms with E-state index in [1.807, 2.05) is 0 Å². The van der Waals surface area contributed by atoms with Crippen molar-refractivity contribution >= 4 is 21.7 Å². The standard InChI is InChI=1S/C11H13N3O2S/c1-2-3-5-16-6-4-14-7-12-10-9(11(14)15)13-8-17-10/h2,7-8H,1,3-6H2. The van der Waals surface area contributed by atoms with Crippen molar-refractivity contribution in [1.29, 1.82) is 0 Å². The summed E-state index contributed by atoms with van der Waals surface area (Å²) in [4.78, 5) is 20.8. The van der Waals surface area contributed by atoms with Crippen LogP contribution in [0.4, 0.5) is 0 Å². The van der Waals surface area contributed by atoms with E-state index < -0.39 is 0 Å². The Balaban J connectivity index is 2.01. The summed E-state index contributed by atoms with van der Waals surface area (Å²) < 4.78 is 6.87. The molecule has 2 heterocycles. The van der Waals surface area contributed by atoms with Gasteiger partial charge in [0.15, 0.2) is 10.3 Å². The van der Waals surface area contributed by atoms with Crippen molar-refractivity contribution in [3.8, 4) is 0 Å². The zero-order valence-corrected chi connectivity index (χ0v) is 10.2. The van der Waals surface area contributed by atoms with Gasteiger partial charge in [0.2, 0.25) is 0 Å². The van der Waals surface area contributed by atoms with Crippen LogP contribution in [0.1, 0.15) is 6.42 Å². The van der Waals surface area contributed by atoms with E-state index in [2.05, 4.69) is 16.5 Å². The van der Waals surface area contributed by atoms with Gasteiger partial charge in [-0.15, -0.1) is 17.9 Å². The average Bonchev–Trinajstić information content (AvgIpc) is 2.80. The molecular weight excluding hydrogens is 238 g/mol. The summed E-state index contributed by atoms with van der Waals surface area (Å²) in [5.41, 5.74) is 1.96. The number of thiazole rings is 1. The van der Waals surface area contributed by atoms with Crippen LogP contribution in [0.3, 0.4) is 0 Å². The third kappa shape index (κ3) is 2.78. The highest BCUT2D eigenvalue weighted by molar-refractivity contribution is 7.16. The lowest BCUT2D eigenvalue weighted by Gasteiger charge is -2.05. The molecule has 0 aliphatic rings. The van der Waals surface area contributed by atoms with Crippen LogP contribution >= 0.6 is 11.3 Å². The molecule has 0 fully saturated rings. The molecule has 0 amide bonds. The molecule has 0 spiro atoms. The number of fused-ring (bicyclic) bond motifs is 1. The molecule has 2 aromatic rings. The van der Waals surface area contributed by atoms with Gasteiger partial charge in [-0.1, -0.05) is 6.08 Å². The van der Waals surface area contributed by atoms with E-state index in [0.29, 0.717) is 30.1 Å². The zero-order chi connectivity index (χ0) is 12.1. The first-order chi connectivity index (χ1) is 8.33. The maximum absolute atomic E-state index is 11.9. The van der Waals surface area contributed by atoms with E-state index in [-0.39, 0.29) is 5.56 Å². The van der Waals surface area contributed by atoms with Gasteiger partial charge in [-0.25, -0.2) is 9.97 Å². The van der Waals surface area contributed by atoms with Crippen LogP contribution in [0.15, 0.2) is 29.3 Å². The van der Waals surface area contributed by atoms with Gasteiger partial charge in [-0.05, 0) is 6.42 Å². The smallest absolute Gasteiger partial charge is 0.280 e. The maximum Gasteiger partial charge on any atom is 0.280 e. The lowest BCUT2D eigenvalue weighted by molar-refractivity contribution is 0.130. The monoisotopic (exact) mass is 251 g/mol. The van der Waals surface area contributed by atoms with Crippen LogP contribution in [0.5, 0.6) is 0 Å². The number of ether oxygens (including phenoxy) is 1. The van der Waals surface area contributed by atoms with Crippen molar-refractivity contribution in [2.45, 2.75) is 13.0 Å². The highest BCUT2D eigenvalue weighted by Gasteiger charge is 2.05. The lowest BCUT2D eigenvalue weighted by Crippen LogP contribution is -2.22. The second-order valence-electron chi connectivity index (χ2n) is 3.44. The molecule has 0 atom stereocenters. The number of hydrogen-bond donors (Lipinski definition) is 0. The molecule has 0 aromatic carbocycles. The van der Waals surface area contributed by atoms with Gasteiger partial charge in [0, 0.05) is 0 Å². The Morgan fingerprint density at radius 3 is 3.18 bits per heavy atom. The molecule has 0 bridgehead atoms. The highest BCUT2D eigenvalue weighted by atomic mass is 32.1. The molecule has 6 heteroatoms. The summed E-state index contributed by atoms with van der Waals surface area (Å²) in [5, 5.41) is 0. The van der Waals surface area contributed by atoms with Gasteiger partial charge in [-0.2, -0.15) is 0 Å². The average molecular weight is 251 g/mol. The van der Waals surface area contributed by atoms with E-state index in [9.17, 15) is 4.79 Å². The summed E-state index contributed by atoms with van der Waals surface area (Å²) >= 11 is 1.37. The Bertz CT molecular complexity index is 561. The highest BCUT2D eigenvalue weighted by Crippen LogP contribution is 2.09. The first-order valence-corrected chi connectivity index (χ1v) is 6.18. The second kappa shape index (κ2) is 5.70. The van der Waals surface area contributed by atoms with Gasteiger partial charge >= 0.3 is 0 Å². The van der Waals surface area contributed by atoms with Crippen LogP contribution < -0.4 is 5.56 Å². The van der Waals surface area contributed by atoms with Crippen molar-refractivity contribution in [3.63, 3.8) is 0 Å². The minimum atomic E-state index is -0.108. The van der Waals surface area contributed by atoms with E-state index in [4.69, 9.17) is 4.74 Å². The Hall–Kier alpha value is -1.53. The third-order valence-corrected chi connectivity index (χ3v) is 3.00. The maximum atomic E-state index is 11.9. The summed E-state index contributed by atoms with van der Waals surface area (Å²) in [6.45, 7) is 5.22. The van der Waals surface area contributed by atoms with Crippen LogP contribution in [-0.4, -0.2) is 27.7 Å². The van der Waals surface area contributed by atoms with Crippen molar-refractivity contribution in [1.82, 2.24) is 14.5 Å². The van der Waals surface area contributed by atoms with Crippen molar-refractivity contribution in [2.24, 2.45) is 0 Å². The Morgan fingerprint density at radius 2 is 2.35 bits per heavy atom. The number of nitrogens with zero attached hydrogens (tertiary/aromatic N) is 3. The van der Waals surface area contributed by atoms with E-state index in [0.717, 1.165) is 6.42 Å². The Morgan fingerprint density at radius 1 is 1.47 bits per heavy atom. The van der Waals surface area contributed by atoms with Crippen molar-refractivity contribution in [2.75, 3.05) is 13.2 Å². The molecule has 0 saturated heterocycles. The van der Waals surface area contributed by atoms with E-state index in [1.165, 1.54) is 15.9 Å². The first-order valence-electron chi connectivity index (χ1n) is 5.30. The fourth-order valence-corrected chi connectivity index (χ4v) is 2.00. The quantitative estimate of drug-likeness (QED) is 0.576. The van der Waals surface area contributed by atoms with E-state index in [1.54, 1.807) is 17.9 Å². The normalized spacial score (nSPS) is 10.8. The van der Waals surface area contributed by atoms with Gasteiger partial charge in [-0.3, -0.25) is 9.36 Å². The molecule has 0 N–H and O–H groups in total. The van der Waals surface area contributed by atoms with Crippen LogP contribution in [-0.2, 0) is 11.3 Å². The van der Waals surface area contributed by atoms with Gasteiger partial charge in [0.1, 0.15) is 0 Å². The molecule has 17 heavy (non-hydrogen) atoms. The number of hydrogen-bond acceptors (Lipinski definition) is 5. The second-order valence-corrected chi connectivity index (χ2v) is 4.27. The van der Waals surface area contributed by atoms with Crippen LogP contribution in [0.25, 0.3) is 10.3 Å². The molecule has 0 aliphatic heterocycles. The molecule has 0 aliphatic carbocycles. The molecule has 0 unspecified atom stereocenters. The molecular formula is C11H13N3O2S. The minimum Gasteiger partial charge on any atom is -0.379 e. The summed E-state index contributed by atoms with van der Waals surface area (Å²) in [6.07, 6.45) is 4.16. The summed E-state index contributed by atoms with van der Waals surface area (Å²) in [6, 6.07) is 0. The van der Waals surface area contributed by atoms with Gasteiger partial charge in [0.25, 0.3) is 5.56 Å². The zero-order valence-electron chi connectivity index (χ0n) is 9.33. The first kappa shape index (κ1) is 11.9. The van der Waals surface area contributed by atoms with E-state index >= 15 is 0 Å².